The monoisotopic (exact) mass is 630 g/mol. The molecular weight excluding hydrogens is 596 g/mol. The summed E-state index contributed by atoms with van der Waals surface area (Å²) in [7, 11) is 1.55. The van der Waals surface area contributed by atoms with Crippen LogP contribution in [-0.2, 0) is 14.3 Å². The van der Waals surface area contributed by atoms with E-state index in [2.05, 4.69) is 43.4 Å². The number of nitrogens with one attached hydrogen (secondary N) is 3. The number of halogens is 1. The minimum atomic E-state index is -0.547. The SMILES string of the molecule is COCCOC(=O)Nc1ccc2c(c1)N[C@H](C)CCCC[C@H](NC(=O)/C=C/c1cc(Cl)ccc1-n1cnnn1)c1cc-2ccn1. The molecule has 4 aromatic rings. The largest absolute Gasteiger partial charge is 0.447 e. The van der Waals surface area contributed by atoms with Gasteiger partial charge in [0.2, 0.25) is 5.91 Å². The number of methoxy groups -OCH3 is 1. The minimum absolute atomic E-state index is 0.165. The molecule has 3 heterocycles. The molecule has 12 nitrogen and oxygen atoms in total. The molecule has 0 spiro atoms. The van der Waals surface area contributed by atoms with Crippen LogP contribution in [0.3, 0.4) is 0 Å². The number of hydrogen-bond acceptors (Lipinski definition) is 9. The van der Waals surface area contributed by atoms with Crippen molar-refractivity contribution in [2.24, 2.45) is 0 Å². The van der Waals surface area contributed by atoms with Crippen molar-refractivity contribution in [3.8, 4) is 16.8 Å². The number of tetrazole rings is 1. The Morgan fingerprint density at radius 3 is 2.80 bits per heavy atom. The molecule has 3 N–H and O–H groups in total. The first-order valence-corrected chi connectivity index (χ1v) is 15.1. The van der Waals surface area contributed by atoms with Gasteiger partial charge in [-0.3, -0.25) is 15.1 Å². The van der Waals surface area contributed by atoms with Crippen LogP contribution in [0.4, 0.5) is 16.2 Å². The Bertz CT molecular complexity index is 1650. The van der Waals surface area contributed by atoms with Gasteiger partial charge in [-0.25, -0.2) is 4.79 Å². The predicted molar refractivity (Wildman–Crippen MR) is 172 cm³/mol. The van der Waals surface area contributed by atoms with Crippen LogP contribution in [0.1, 0.15) is 49.9 Å². The van der Waals surface area contributed by atoms with E-state index >= 15 is 0 Å². The Balaban J connectivity index is 1.37. The Hall–Kier alpha value is -4.81. The zero-order chi connectivity index (χ0) is 31.6. The number of fused-ring (bicyclic) bond motifs is 4. The van der Waals surface area contributed by atoms with Crippen LogP contribution in [0.25, 0.3) is 22.9 Å². The molecule has 1 aliphatic rings. The van der Waals surface area contributed by atoms with Gasteiger partial charge in [0.15, 0.2) is 0 Å². The standard InChI is InChI=1S/C32H35ClN8O4/c1-21-5-3-4-6-27(38-31(42)12-7-23-17-24(33)8-11-30(23)41-20-35-39-40-41)29-18-22(13-14-34-29)26-10-9-25(19-28(26)36-21)37-32(43)45-16-15-44-2/h7-14,17-21,27,36H,3-6,15-16H2,1-2H3,(H,37,43)(H,38,42)/b12-7+/t21-,27+/m1/s1. The van der Waals surface area contributed by atoms with E-state index in [1.165, 1.54) is 17.1 Å². The highest BCUT2D eigenvalue weighted by Crippen LogP contribution is 2.34. The van der Waals surface area contributed by atoms with Gasteiger partial charge in [0.1, 0.15) is 12.9 Å². The summed E-state index contributed by atoms with van der Waals surface area (Å²) in [5.41, 5.74) is 5.51. The maximum Gasteiger partial charge on any atom is 0.411 e. The van der Waals surface area contributed by atoms with Crippen molar-refractivity contribution < 1.29 is 19.1 Å². The third-order valence-corrected chi connectivity index (χ3v) is 7.57. The lowest BCUT2D eigenvalue weighted by Gasteiger charge is -2.23. The normalized spacial score (nSPS) is 16.5. The number of nitrogens with zero attached hydrogens (tertiary/aromatic N) is 5. The molecule has 45 heavy (non-hydrogen) atoms. The van der Waals surface area contributed by atoms with E-state index in [0.717, 1.165) is 48.2 Å². The highest BCUT2D eigenvalue weighted by Gasteiger charge is 2.19. The van der Waals surface area contributed by atoms with Gasteiger partial charge in [-0.15, -0.1) is 5.10 Å². The number of aromatic nitrogens is 5. The molecule has 5 rings (SSSR count). The number of anilines is 2. The second-order valence-electron chi connectivity index (χ2n) is 10.7. The quantitative estimate of drug-likeness (QED) is 0.162. The predicted octanol–water partition coefficient (Wildman–Crippen LogP) is 5.82. The lowest BCUT2D eigenvalue weighted by molar-refractivity contribution is -0.117. The van der Waals surface area contributed by atoms with Crippen molar-refractivity contribution in [1.82, 2.24) is 30.5 Å². The second-order valence-corrected chi connectivity index (χ2v) is 11.1. The Labute approximate surface area is 266 Å². The van der Waals surface area contributed by atoms with Gasteiger partial charge < -0.3 is 20.1 Å². The fraction of sp³-hybridized carbons (Fsp3) is 0.312. The van der Waals surface area contributed by atoms with E-state index in [1.54, 1.807) is 37.6 Å². The summed E-state index contributed by atoms with van der Waals surface area (Å²) in [5, 5.41) is 21.4. The zero-order valence-corrected chi connectivity index (χ0v) is 25.8. The molecule has 2 bridgehead atoms. The summed E-state index contributed by atoms with van der Waals surface area (Å²) in [6, 6.07) is 14.8. The highest BCUT2D eigenvalue weighted by molar-refractivity contribution is 6.30. The summed E-state index contributed by atoms with van der Waals surface area (Å²) in [5.74, 6) is -0.259. The Morgan fingerprint density at radius 1 is 1.11 bits per heavy atom. The number of pyridine rings is 1. The summed E-state index contributed by atoms with van der Waals surface area (Å²) < 4.78 is 11.6. The van der Waals surface area contributed by atoms with Crippen molar-refractivity contribution in [1.29, 1.82) is 0 Å². The first-order valence-electron chi connectivity index (χ1n) is 14.7. The van der Waals surface area contributed by atoms with Gasteiger partial charge in [-0.2, -0.15) is 4.68 Å². The number of hydrogen-bond donors (Lipinski definition) is 3. The van der Waals surface area contributed by atoms with Crippen LogP contribution in [0, 0.1) is 0 Å². The molecule has 2 atom stereocenters. The van der Waals surface area contributed by atoms with E-state index in [9.17, 15) is 9.59 Å². The third-order valence-electron chi connectivity index (χ3n) is 7.33. The molecule has 0 fully saturated rings. The van der Waals surface area contributed by atoms with Crippen LogP contribution < -0.4 is 16.0 Å². The molecule has 234 valence electrons. The maximum absolute atomic E-state index is 13.2. The number of benzene rings is 2. The Morgan fingerprint density at radius 2 is 1.98 bits per heavy atom. The van der Waals surface area contributed by atoms with Crippen LogP contribution in [0.15, 0.2) is 67.1 Å². The number of ether oxygens (including phenoxy) is 2. The molecule has 13 heteroatoms. The van der Waals surface area contributed by atoms with Crippen molar-refractivity contribution in [2.75, 3.05) is 31.0 Å². The van der Waals surface area contributed by atoms with Gasteiger partial charge in [-0.05, 0) is 84.3 Å². The van der Waals surface area contributed by atoms with Crippen LogP contribution in [0.2, 0.25) is 5.02 Å². The van der Waals surface area contributed by atoms with Gasteiger partial charge in [0.25, 0.3) is 0 Å². The van der Waals surface area contributed by atoms with Crippen molar-refractivity contribution in [2.45, 2.75) is 44.7 Å². The maximum atomic E-state index is 13.2. The number of amides is 2. The van der Waals surface area contributed by atoms with E-state index < -0.39 is 6.09 Å². The Kier molecular flexibility index (Phi) is 10.7. The fourth-order valence-corrected chi connectivity index (χ4v) is 5.31. The van der Waals surface area contributed by atoms with Crippen LogP contribution in [-0.4, -0.2) is 63.6 Å². The molecule has 0 saturated carbocycles. The van der Waals surface area contributed by atoms with Crippen molar-refractivity contribution in [3.05, 3.63) is 83.4 Å². The number of rotatable bonds is 8. The molecule has 0 saturated heterocycles. The zero-order valence-electron chi connectivity index (χ0n) is 25.1. The van der Waals surface area contributed by atoms with Crippen LogP contribution in [0.5, 0.6) is 0 Å². The van der Waals surface area contributed by atoms with Crippen molar-refractivity contribution >= 4 is 41.1 Å². The molecule has 0 aliphatic carbocycles. The van der Waals surface area contributed by atoms with Crippen LogP contribution >= 0.6 is 11.6 Å². The fourth-order valence-electron chi connectivity index (χ4n) is 5.13. The molecule has 2 aromatic carbocycles. The van der Waals surface area contributed by atoms with E-state index in [0.29, 0.717) is 28.6 Å². The van der Waals surface area contributed by atoms with E-state index in [1.807, 2.05) is 30.3 Å². The molecule has 0 unspecified atom stereocenters. The van der Waals surface area contributed by atoms with Crippen molar-refractivity contribution in [3.63, 3.8) is 0 Å². The van der Waals surface area contributed by atoms with Gasteiger partial charge in [-0.1, -0.05) is 30.5 Å². The lowest BCUT2D eigenvalue weighted by atomic mass is 9.97. The average molecular weight is 631 g/mol. The second kappa shape index (κ2) is 15.3. The first kappa shape index (κ1) is 31.6. The third kappa shape index (κ3) is 8.64. The molecular formula is C32H35ClN8O4. The first-order chi connectivity index (χ1) is 21.9. The molecule has 2 amide bonds. The topological polar surface area (TPSA) is 145 Å². The van der Waals surface area contributed by atoms with E-state index in [-0.39, 0.29) is 24.6 Å². The highest BCUT2D eigenvalue weighted by atomic mass is 35.5. The molecule has 0 radical (unpaired) electrons. The summed E-state index contributed by atoms with van der Waals surface area (Å²) >= 11 is 6.24. The van der Waals surface area contributed by atoms with Gasteiger partial charge >= 0.3 is 6.09 Å². The summed E-state index contributed by atoms with van der Waals surface area (Å²) in [6.07, 6.45) is 9.36. The minimum Gasteiger partial charge on any atom is -0.447 e. The number of carbonyl (C=O) groups is 2. The molecule has 1 aliphatic heterocycles. The average Bonchev–Trinajstić information content (AvgIpc) is 3.56. The molecule has 2 aromatic heterocycles. The lowest BCUT2D eigenvalue weighted by Crippen LogP contribution is -2.28. The van der Waals surface area contributed by atoms with Gasteiger partial charge in [0, 0.05) is 52.9 Å². The van der Waals surface area contributed by atoms with Gasteiger partial charge in [0.05, 0.1) is 24.0 Å². The smallest absolute Gasteiger partial charge is 0.411 e. The summed E-state index contributed by atoms with van der Waals surface area (Å²) in [4.78, 5) is 30.1. The van der Waals surface area contributed by atoms with E-state index in [4.69, 9.17) is 21.1 Å². The number of carbonyl (C=O) groups excluding carboxylic acids is 2. The summed E-state index contributed by atoms with van der Waals surface area (Å²) in [6.45, 7) is 2.62.